The van der Waals surface area contributed by atoms with Crippen LogP contribution in [0.25, 0.3) is 0 Å². The van der Waals surface area contributed by atoms with Gasteiger partial charge in [0, 0.05) is 22.5 Å². The van der Waals surface area contributed by atoms with Crippen molar-refractivity contribution in [2.45, 2.75) is 44.9 Å². The molecule has 2 N–H and O–H groups in total. The lowest BCUT2D eigenvalue weighted by Crippen LogP contribution is -2.43. The maximum absolute atomic E-state index is 12.3. The number of rotatable bonds is 4. The van der Waals surface area contributed by atoms with Gasteiger partial charge >= 0.3 is 11.8 Å². The summed E-state index contributed by atoms with van der Waals surface area (Å²) in [4.78, 5) is 25.9. The number of anilines is 1. The summed E-state index contributed by atoms with van der Waals surface area (Å²) in [5.41, 5.74) is 2.61. The molecule has 0 saturated heterocycles. The molecule has 0 bridgehead atoms. The van der Waals surface area contributed by atoms with Crippen LogP contribution in [0.4, 0.5) is 5.69 Å². The Bertz CT molecular complexity index is 742. The molecule has 0 unspecified atom stereocenters. The number of para-hydroxylation sites is 1. The Labute approximate surface area is 152 Å². The minimum atomic E-state index is -0.600. The van der Waals surface area contributed by atoms with Crippen LogP contribution in [-0.4, -0.2) is 18.4 Å². The Morgan fingerprint density at radius 2 is 1.72 bits per heavy atom. The van der Waals surface area contributed by atoms with E-state index in [-0.39, 0.29) is 5.41 Å². The number of benzene rings is 1. The number of thiophene rings is 1. The fourth-order valence-electron chi connectivity index (χ4n) is 3.65. The Kier molecular flexibility index (Phi) is 5.23. The quantitative estimate of drug-likeness (QED) is 0.816. The molecular formula is C20H24N2O2S. The lowest BCUT2D eigenvalue weighted by atomic mass is 9.84. The summed E-state index contributed by atoms with van der Waals surface area (Å²) < 4.78 is 0. The zero-order valence-corrected chi connectivity index (χ0v) is 15.5. The Morgan fingerprint density at radius 1 is 1.04 bits per heavy atom. The normalized spacial score (nSPS) is 15.8. The van der Waals surface area contributed by atoms with Crippen LogP contribution in [0, 0.1) is 13.8 Å². The van der Waals surface area contributed by atoms with Gasteiger partial charge in [0.2, 0.25) is 0 Å². The molecule has 0 atom stereocenters. The summed E-state index contributed by atoms with van der Waals surface area (Å²) in [5.74, 6) is -1.16. The van der Waals surface area contributed by atoms with Crippen LogP contribution in [0.15, 0.2) is 35.7 Å². The van der Waals surface area contributed by atoms with Gasteiger partial charge in [0.15, 0.2) is 0 Å². The van der Waals surface area contributed by atoms with Crippen molar-refractivity contribution in [1.29, 1.82) is 0 Å². The number of aryl methyl sites for hydroxylation is 2. The third-order valence-electron chi connectivity index (χ3n) is 5.12. The third-order valence-corrected chi connectivity index (χ3v) is 6.23. The molecule has 1 aromatic heterocycles. The van der Waals surface area contributed by atoms with Crippen molar-refractivity contribution in [1.82, 2.24) is 5.32 Å². The van der Waals surface area contributed by atoms with E-state index in [1.807, 2.05) is 32.0 Å². The first kappa shape index (κ1) is 17.7. The van der Waals surface area contributed by atoms with E-state index >= 15 is 0 Å². The fraction of sp³-hybridized carbons (Fsp3) is 0.400. The first-order valence-electron chi connectivity index (χ1n) is 8.71. The number of nitrogens with one attached hydrogen (secondary N) is 2. The molecule has 4 nitrogen and oxygen atoms in total. The average Bonchev–Trinajstić information content (AvgIpc) is 3.27. The summed E-state index contributed by atoms with van der Waals surface area (Å²) in [7, 11) is 0. The van der Waals surface area contributed by atoms with Crippen molar-refractivity contribution >= 4 is 28.8 Å². The van der Waals surface area contributed by atoms with Gasteiger partial charge in [-0.1, -0.05) is 37.1 Å². The van der Waals surface area contributed by atoms with Crippen molar-refractivity contribution in [2.24, 2.45) is 0 Å². The van der Waals surface area contributed by atoms with Crippen molar-refractivity contribution in [3.63, 3.8) is 0 Å². The maximum Gasteiger partial charge on any atom is 0.313 e. The SMILES string of the molecule is Cc1cccc(C)c1NC(=O)C(=O)NCC1(c2cccs2)CCCC1. The summed E-state index contributed by atoms with van der Waals surface area (Å²) >= 11 is 1.73. The smallest absolute Gasteiger partial charge is 0.313 e. The number of carbonyl (C=O) groups excluding carboxylic acids is 2. The molecule has 1 aromatic carbocycles. The van der Waals surface area contributed by atoms with E-state index in [9.17, 15) is 9.59 Å². The number of amides is 2. The van der Waals surface area contributed by atoms with E-state index in [1.54, 1.807) is 11.3 Å². The van der Waals surface area contributed by atoms with E-state index in [0.717, 1.165) is 29.7 Å². The topological polar surface area (TPSA) is 58.2 Å². The zero-order valence-electron chi connectivity index (χ0n) is 14.7. The molecular weight excluding hydrogens is 332 g/mol. The van der Waals surface area contributed by atoms with Crippen molar-refractivity contribution < 1.29 is 9.59 Å². The minimum absolute atomic E-state index is 0.0112. The van der Waals surface area contributed by atoms with Gasteiger partial charge in [-0.2, -0.15) is 0 Å². The molecule has 1 aliphatic rings. The molecule has 1 heterocycles. The van der Waals surface area contributed by atoms with Crippen molar-refractivity contribution in [3.05, 3.63) is 51.7 Å². The molecule has 25 heavy (non-hydrogen) atoms. The van der Waals surface area contributed by atoms with Crippen LogP contribution in [0.2, 0.25) is 0 Å². The molecule has 0 spiro atoms. The number of hydrogen-bond acceptors (Lipinski definition) is 3. The van der Waals surface area contributed by atoms with Gasteiger partial charge in [-0.25, -0.2) is 0 Å². The molecule has 5 heteroatoms. The largest absolute Gasteiger partial charge is 0.347 e. The molecule has 3 rings (SSSR count). The van der Waals surface area contributed by atoms with Gasteiger partial charge in [0.1, 0.15) is 0 Å². The van der Waals surface area contributed by atoms with Crippen LogP contribution < -0.4 is 10.6 Å². The van der Waals surface area contributed by atoms with Crippen molar-refractivity contribution in [2.75, 3.05) is 11.9 Å². The second-order valence-corrected chi connectivity index (χ2v) is 7.82. The molecule has 1 fully saturated rings. The lowest BCUT2D eigenvalue weighted by molar-refractivity contribution is -0.136. The van der Waals surface area contributed by atoms with E-state index in [4.69, 9.17) is 0 Å². The second kappa shape index (κ2) is 7.40. The van der Waals surface area contributed by atoms with Gasteiger partial charge in [-0.3, -0.25) is 9.59 Å². The molecule has 0 radical (unpaired) electrons. The Hall–Kier alpha value is -2.14. The highest BCUT2D eigenvalue weighted by Crippen LogP contribution is 2.42. The standard InChI is InChI=1S/C20H24N2O2S/c1-14-7-5-8-15(2)17(14)22-19(24)18(23)21-13-20(10-3-4-11-20)16-9-6-12-25-16/h5-9,12H,3-4,10-11,13H2,1-2H3,(H,21,23)(H,22,24). The van der Waals surface area contributed by atoms with Crippen LogP contribution in [0.1, 0.15) is 41.7 Å². The monoisotopic (exact) mass is 356 g/mol. The number of carbonyl (C=O) groups is 2. The summed E-state index contributed by atoms with van der Waals surface area (Å²) in [6.07, 6.45) is 4.46. The molecule has 1 aliphatic carbocycles. The summed E-state index contributed by atoms with van der Waals surface area (Å²) in [5, 5.41) is 7.70. The van der Waals surface area contributed by atoms with Crippen LogP contribution >= 0.6 is 11.3 Å². The third kappa shape index (κ3) is 3.76. The summed E-state index contributed by atoms with van der Waals surface area (Å²) in [6.45, 7) is 4.36. The predicted molar refractivity (Wildman–Crippen MR) is 102 cm³/mol. The maximum atomic E-state index is 12.3. The molecule has 2 aromatic rings. The predicted octanol–water partition coefficient (Wildman–Crippen LogP) is 3.93. The second-order valence-electron chi connectivity index (χ2n) is 6.87. The molecule has 2 amide bonds. The highest BCUT2D eigenvalue weighted by atomic mass is 32.1. The first-order chi connectivity index (χ1) is 12.0. The highest BCUT2D eigenvalue weighted by molar-refractivity contribution is 7.10. The average molecular weight is 356 g/mol. The van der Waals surface area contributed by atoms with Crippen LogP contribution in [0.5, 0.6) is 0 Å². The fourth-order valence-corrected chi connectivity index (χ4v) is 4.64. The van der Waals surface area contributed by atoms with Crippen LogP contribution in [0.3, 0.4) is 0 Å². The van der Waals surface area contributed by atoms with Gasteiger partial charge in [0.25, 0.3) is 0 Å². The number of hydrogen-bond donors (Lipinski definition) is 2. The molecule has 132 valence electrons. The molecule has 1 saturated carbocycles. The lowest BCUT2D eigenvalue weighted by Gasteiger charge is -2.28. The molecule has 0 aliphatic heterocycles. The zero-order chi connectivity index (χ0) is 17.9. The summed E-state index contributed by atoms with van der Waals surface area (Å²) in [6, 6.07) is 9.97. The first-order valence-corrected chi connectivity index (χ1v) is 9.59. The Morgan fingerprint density at radius 3 is 2.32 bits per heavy atom. The minimum Gasteiger partial charge on any atom is -0.347 e. The van der Waals surface area contributed by atoms with Gasteiger partial charge < -0.3 is 10.6 Å². The Balaban J connectivity index is 1.65. The van der Waals surface area contributed by atoms with Gasteiger partial charge in [-0.15, -0.1) is 11.3 Å². The van der Waals surface area contributed by atoms with E-state index < -0.39 is 11.8 Å². The van der Waals surface area contributed by atoms with E-state index in [2.05, 4.69) is 28.1 Å². The van der Waals surface area contributed by atoms with E-state index in [0.29, 0.717) is 6.54 Å². The van der Waals surface area contributed by atoms with E-state index in [1.165, 1.54) is 17.7 Å². The van der Waals surface area contributed by atoms with Gasteiger partial charge in [-0.05, 0) is 49.3 Å². The van der Waals surface area contributed by atoms with Crippen LogP contribution in [-0.2, 0) is 15.0 Å². The van der Waals surface area contributed by atoms with Gasteiger partial charge in [0.05, 0.1) is 0 Å². The van der Waals surface area contributed by atoms with Crippen molar-refractivity contribution in [3.8, 4) is 0 Å². The highest BCUT2D eigenvalue weighted by Gasteiger charge is 2.37.